The number of rotatable bonds is 5. The molecule has 0 bridgehead atoms. The van der Waals surface area contributed by atoms with Crippen LogP contribution in [0.2, 0.25) is 0 Å². The van der Waals surface area contributed by atoms with Gasteiger partial charge in [-0.15, -0.1) is 0 Å². The largest absolute Gasteiger partial charge is 0.497 e. The standard InChI is InChI=1S/C18H13F3N2O4/c1-27-13-4-2-10(14(8-13)18(19,20)21)7-16(24)23-15-5-3-11(17(25)26)6-12(15)9-22/h2-6,8H,7H2,1H3,(H,23,24)(H,25,26). The number of nitrogens with one attached hydrogen (secondary N) is 1. The third kappa shape index (κ3) is 4.76. The van der Waals surface area contributed by atoms with Gasteiger partial charge < -0.3 is 15.2 Å². The molecule has 0 aliphatic heterocycles. The summed E-state index contributed by atoms with van der Waals surface area (Å²) in [6.45, 7) is 0. The predicted molar refractivity (Wildman–Crippen MR) is 88.4 cm³/mol. The third-order valence-electron chi connectivity index (χ3n) is 3.63. The van der Waals surface area contributed by atoms with Gasteiger partial charge in [-0.25, -0.2) is 4.79 Å². The number of aromatic carboxylic acids is 1. The third-order valence-corrected chi connectivity index (χ3v) is 3.63. The number of ether oxygens (including phenoxy) is 1. The zero-order chi connectivity index (χ0) is 20.2. The Hall–Kier alpha value is -3.54. The Labute approximate surface area is 151 Å². The molecule has 2 aromatic carbocycles. The van der Waals surface area contributed by atoms with Crippen LogP contribution < -0.4 is 10.1 Å². The summed E-state index contributed by atoms with van der Waals surface area (Å²) < 4.78 is 44.4. The molecular weight excluding hydrogens is 365 g/mol. The monoisotopic (exact) mass is 378 g/mol. The number of carboxylic acid groups (broad SMARTS) is 1. The van der Waals surface area contributed by atoms with E-state index in [1.807, 2.05) is 0 Å². The van der Waals surface area contributed by atoms with E-state index in [1.165, 1.54) is 25.3 Å². The number of benzene rings is 2. The summed E-state index contributed by atoms with van der Waals surface area (Å²) >= 11 is 0. The second-order valence-corrected chi connectivity index (χ2v) is 5.42. The molecule has 0 radical (unpaired) electrons. The van der Waals surface area contributed by atoms with E-state index in [-0.39, 0.29) is 28.1 Å². The highest BCUT2D eigenvalue weighted by Gasteiger charge is 2.34. The number of anilines is 1. The van der Waals surface area contributed by atoms with Gasteiger partial charge in [0.15, 0.2) is 0 Å². The fraction of sp³-hybridized carbons (Fsp3) is 0.167. The summed E-state index contributed by atoms with van der Waals surface area (Å²) in [7, 11) is 1.23. The first kappa shape index (κ1) is 19.8. The van der Waals surface area contributed by atoms with Gasteiger partial charge in [-0.05, 0) is 35.9 Å². The normalized spacial score (nSPS) is 10.8. The first-order valence-corrected chi connectivity index (χ1v) is 7.47. The van der Waals surface area contributed by atoms with Crippen LogP contribution in [0.3, 0.4) is 0 Å². The molecule has 0 atom stereocenters. The van der Waals surface area contributed by atoms with Crippen molar-refractivity contribution >= 4 is 17.6 Å². The average molecular weight is 378 g/mol. The zero-order valence-electron chi connectivity index (χ0n) is 13.9. The molecule has 0 aliphatic carbocycles. The minimum atomic E-state index is -4.68. The quantitative estimate of drug-likeness (QED) is 0.830. The fourth-order valence-electron chi connectivity index (χ4n) is 2.35. The van der Waals surface area contributed by atoms with Crippen LogP contribution in [0.15, 0.2) is 36.4 Å². The molecule has 1 amide bonds. The van der Waals surface area contributed by atoms with Crippen molar-refractivity contribution in [1.29, 1.82) is 5.26 Å². The Balaban J connectivity index is 2.27. The Kier molecular flexibility index (Phi) is 5.70. The second-order valence-electron chi connectivity index (χ2n) is 5.42. The maximum atomic E-state index is 13.2. The van der Waals surface area contributed by atoms with Crippen LogP contribution in [0.4, 0.5) is 18.9 Å². The van der Waals surface area contributed by atoms with Crippen LogP contribution in [0.25, 0.3) is 0 Å². The Morgan fingerprint density at radius 1 is 1.22 bits per heavy atom. The van der Waals surface area contributed by atoms with E-state index < -0.39 is 30.0 Å². The number of carboxylic acids is 1. The molecule has 0 heterocycles. The van der Waals surface area contributed by atoms with Crippen LogP contribution in [0, 0.1) is 11.3 Å². The molecule has 140 valence electrons. The Morgan fingerprint density at radius 3 is 2.48 bits per heavy atom. The van der Waals surface area contributed by atoms with Crippen molar-refractivity contribution in [1.82, 2.24) is 0 Å². The number of hydrogen-bond donors (Lipinski definition) is 2. The number of nitriles is 1. The van der Waals surface area contributed by atoms with E-state index in [2.05, 4.69) is 5.32 Å². The van der Waals surface area contributed by atoms with Crippen LogP contribution in [0.5, 0.6) is 5.75 Å². The number of carbonyl (C=O) groups excluding carboxylic acids is 1. The molecule has 2 aromatic rings. The molecule has 0 aromatic heterocycles. The molecule has 0 saturated heterocycles. The molecule has 9 heteroatoms. The van der Waals surface area contributed by atoms with Crippen LogP contribution in [-0.4, -0.2) is 24.1 Å². The molecule has 6 nitrogen and oxygen atoms in total. The van der Waals surface area contributed by atoms with E-state index in [4.69, 9.17) is 15.1 Å². The van der Waals surface area contributed by atoms with Gasteiger partial charge in [-0.1, -0.05) is 6.07 Å². The van der Waals surface area contributed by atoms with E-state index in [1.54, 1.807) is 6.07 Å². The first-order chi connectivity index (χ1) is 12.7. The molecule has 27 heavy (non-hydrogen) atoms. The van der Waals surface area contributed by atoms with Crippen molar-refractivity contribution < 1.29 is 32.6 Å². The Bertz CT molecular complexity index is 933. The van der Waals surface area contributed by atoms with Gasteiger partial charge in [-0.3, -0.25) is 4.79 Å². The minimum absolute atomic E-state index is 0.00232. The molecule has 0 aliphatic rings. The van der Waals surface area contributed by atoms with Crippen molar-refractivity contribution in [3.8, 4) is 11.8 Å². The summed E-state index contributed by atoms with van der Waals surface area (Å²) in [6, 6.07) is 8.42. The minimum Gasteiger partial charge on any atom is -0.497 e. The van der Waals surface area contributed by atoms with E-state index in [0.717, 1.165) is 18.2 Å². The van der Waals surface area contributed by atoms with E-state index in [9.17, 15) is 22.8 Å². The van der Waals surface area contributed by atoms with Gasteiger partial charge in [0.05, 0.1) is 35.9 Å². The smallest absolute Gasteiger partial charge is 0.416 e. The van der Waals surface area contributed by atoms with Gasteiger partial charge in [0.25, 0.3) is 0 Å². The summed E-state index contributed by atoms with van der Waals surface area (Å²) in [5.41, 5.74) is -1.53. The van der Waals surface area contributed by atoms with Crippen molar-refractivity contribution in [3.63, 3.8) is 0 Å². The molecule has 2 N–H and O–H groups in total. The summed E-state index contributed by atoms with van der Waals surface area (Å²) in [4.78, 5) is 23.1. The summed E-state index contributed by atoms with van der Waals surface area (Å²) in [5, 5.41) is 20.3. The van der Waals surface area contributed by atoms with E-state index >= 15 is 0 Å². The van der Waals surface area contributed by atoms with Crippen LogP contribution in [-0.2, 0) is 17.4 Å². The maximum Gasteiger partial charge on any atom is 0.416 e. The number of nitrogens with zero attached hydrogens (tertiary/aromatic N) is 1. The second kappa shape index (κ2) is 7.78. The first-order valence-electron chi connectivity index (χ1n) is 7.47. The van der Waals surface area contributed by atoms with Gasteiger partial charge in [0.2, 0.25) is 5.91 Å². The van der Waals surface area contributed by atoms with Gasteiger partial charge >= 0.3 is 12.1 Å². The number of carbonyl (C=O) groups is 2. The van der Waals surface area contributed by atoms with Crippen molar-refractivity contribution in [2.75, 3.05) is 12.4 Å². The van der Waals surface area contributed by atoms with Gasteiger partial charge in [0.1, 0.15) is 11.8 Å². The lowest BCUT2D eigenvalue weighted by Gasteiger charge is -2.14. The number of alkyl halides is 3. The maximum absolute atomic E-state index is 13.2. The lowest BCUT2D eigenvalue weighted by atomic mass is 10.0. The molecule has 0 unspecified atom stereocenters. The highest BCUT2D eigenvalue weighted by Crippen LogP contribution is 2.34. The molecular formula is C18H13F3N2O4. The molecule has 2 rings (SSSR count). The van der Waals surface area contributed by atoms with Gasteiger partial charge in [0, 0.05) is 0 Å². The van der Waals surface area contributed by atoms with Crippen LogP contribution in [0.1, 0.15) is 27.0 Å². The number of methoxy groups -OCH3 is 1. The lowest BCUT2D eigenvalue weighted by Crippen LogP contribution is -2.18. The molecule has 0 fully saturated rings. The number of amides is 1. The molecule has 0 spiro atoms. The van der Waals surface area contributed by atoms with Crippen molar-refractivity contribution in [3.05, 3.63) is 58.7 Å². The fourth-order valence-corrected chi connectivity index (χ4v) is 2.35. The number of hydrogen-bond acceptors (Lipinski definition) is 4. The predicted octanol–water partition coefficient (Wildman–Crippen LogP) is 3.47. The van der Waals surface area contributed by atoms with Crippen molar-refractivity contribution in [2.45, 2.75) is 12.6 Å². The summed E-state index contributed by atoms with van der Waals surface area (Å²) in [6.07, 6.45) is -5.27. The highest BCUT2D eigenvalue weighted by molar-refractivity contribution is 5.95. The number of halogens is 3. The van der Waals surface area contributed by atoms with E-state index in [0.29, 0.717) is 0 Å². The topological polar surface area (TPSA) is 99.4 Å². The van der Waals surface area contributed by atoms with Gasteiger partial charge in [-0.2, -0.15) is 18.4 Å². The highest BCUT2D eigenvalue weighted by atomic mass is 19.4. The zero-order valence-corrected chi connectivity index (χ0v) is 13.9. The summed E-state index contributed by atoms with van der Waals surface area (Å²) in [5.74, 6) is -2.04. The van der Waals surface area contributed by atoms with Crippen LogP contribution >= 0.6 is 0 Å². The lowest BCUT2D eigenvalue weighted by molar-refractivity contribution is -0.138. The molecule has 0 saturated carbocycles. The Morgan fingerprint density at radius 2 is 1.93 bits per heavy atom. The van der Waals surface area contributed by atoms with Crippen molar-refractivity contribution in [2.24, 2.45) is 0 Å². The average Bonchev–Trinajstić information content (AvgIpc) is 2.61. The SMILES string of the molecule is COc1ccc(CC(=O)Nc2ccc(C(=O)O)cc2C#N)c(C(F)(F)F)c1.